The summed E-state index contributed by atoms with van der Waals surface area (Å²) >= 11 is 6.23. The van der Waals surface area contributed by atoms with E-state index in [1.54, 1.807) is 13.8 Å². The van der Waals surface area contributed by atoms with Crippen molar-refractivity contribution in [2.75, 3.05) is 9.80 Å². The molecule has 0 aromatic heterocycles. The van der Waals surface area contributed by atoms with Crippen LogP contribution in [0.15, 0.2) is 48.5 Å². The first-order valence-electron chi connectivity index (χ1n) is 12.9. The van der Waals surface area contributed by atoms with Crippen LogP contribution >= 0.6 is 11.6 Å². The van der Waals surface area contributed by atoms with Gasteiger partial charge < -0.3 is 0 Å². The van der Waals surface area contributed by atoms with Gasteiger partial charge in [-0.05, 0) is 95.3 Å². The summed E-state index contributed by atoms with van der Waals surface area (Å²) < 4.78 is 0. The predicted molar refractivity (Wildman–Crippen MR) is 152 cm³/mol. The van der Waals surface area contributed by atoms with Crippen LogP contribution in [0.25, 0.3) is 0 Å². The standard InChI is InChI=1S/C32H35ClN2O2/c1-18-13-20(3)27(21(4)14-18)34-29(36)31(7,8)30(37)35(28-22(5)15-19(2)16-23(28)6)32(34)17-26(32)24-9-11-25(33)12-10-24/h9-16,26H,17H2,1-8H3. The highest BCUT2D eigenvalue weighted by atomic mass is 35.5. The molecule has 0 bridgehead atoms. The molecule has 37 heavy (non-hydrogen) atoms. The van der Waals surface area contributed by atoms with Crippen LogP contribution in [0.5, 0.6) is 0 Å². The Morgan fingerprint density at radius 1 is 0.703 bits per heavy atom. The Morgan fingerprint density at radius 3 is 1.46 bits per heavy atom. The third-order valence-corrected chi connectivity index (χ3v) is 8.39. The van der Waals surface area contributed by atoms with Gasteiger partial charge in [-0.2, -0.15) is 0 Å². The molecule has 1 heterocycles. The summed E-state index contributed by atoms with van der Waals surface area (Å²) in [5, 5.41) is 0.666. The molecule has 5 rings (SSSR count). The molecule has 1 aliphatic heterocycles. The maximum atomic E-state index is 14.4. The Balaban J connectivity index is 1.84. The van der Waals surface area contributed by atoms with E-state index in [0.717, 1.165) is 50.3 Å². The molecule has 1 atom stereocenters. The van der Waals surface area contributed by atoms with E-state index in [1.807, 2.05) is 34.1 Å². The summed E-state index contributed by atoms with van der Waals surface area (Å²) in [5.74, 6) is -0.348. The number of benzene rings is 3. The molecule has 1 aliphatic carbocycles. The number of halogens is 1. The topological polar surface area (TPSA) is 40.6 Å². The van der Waals surface area contributed by atoms with Crippen molar-refractivity contribution in [3.8, 4) is 0 Å². The number of nitrogens with zero attached hydrogens (tertiary/aromatic N) is 2. The normalized spacial score (nSPS) is 20.1. The van der Waals surface area contributed by atoms with E-state index < -0.39 is 11.1 Å². The van der Waals surface area contributed by atoms with Crippen molar-refractivity contribution < 1.29 is 9.59 Å². The van der Waals surface area contributed by atoms with Gasteiger partial charge in [-0.1, -0.05) is 59.1 Å². The number of carbonyl (C=O) groups is 2. The lowest BCUT2D eigenvalue weighted by Crippen LogP contribution is -2.69. The van der Waals surface area contributed by atoms with Gasteiger partial charge in [0.05, 0.1) is 11.4 Å². The zero-order chi connectivity index (χ0) is 27.0. The number of aryl methyl sites for hydroxylation is 6. The van der Waals surface area contributed by atoms with Crippen molar-refractivity contribution in [1.82, 2.24) is 0 Å². The zero-order valence-corrected chi connectivity index (χ0v) is 23.7. The van der Waals surface area contributed by atoms with E-state index >= 15 is 0 Å². The molecule has 2 aliphatic rings. The smallest absolute Gasteiger partial charge is 0.244 e. The van der Waals surface area contributed by atoms with Crippen LogP contribution in [0.3, 0.4) is 0 Å². The second kappa shape index (κ2) is 8.46. The van der Waals surface area contributed by atoms with Crippen LogP contribution < -0.4 is 9.80 Å². The molecule has 192 valence electrons. The Labute approximate surface area is 225 Å². The third kappa shape index (κ3) is 3.72. The van der Waals surface area contributed by atoms with Gasteiger partial charge in [-0.15, -0.1) is 0 Å². The summed E-state index contributed by atoms with van der Waals surface area (Å²) in [4.78, 5) is 32.7. The van der Waals surface area contributed by atoms with Crippen molar-refractivity contribution >= 4 is 34.8 Å². The van der Waals surface area contributed by atoms with Crippen molar-refractivity contribution in [3.05, 3.63) is 92.5 Å². The first-order chi connectivity index (χ1) is 17.3. The Hall–Kier alpha value is -3.11. The fraction of sp³-hybridized carbons (Fsp3) is 0.375. The maximum Gasteiger partial charge on any atom is 0.244 e. The molecule has 3 aromatic carbocycles. The minimum atomic E-state index is -1.22. The second-order valence-electron chi connectivity index (χ2n) is 11.6. The Kier molecular flexibility index (Phi) is 5.84. The molecule has 0 N–H and O–H groups in total. The summed E-state index contributed by atoms with van der Waals surface area (Å²) in [6.07, 6.45) is 0.654. The van der Waals surface area contributed by atoms with Gasteiger partial charge in [0, 0.05) is 17.4 Å². The molecule has 1 saturated heterocycles. The molecule has 3 aromatic rings. The van der Waals surface area contributed by atoms with Crippen LogP contribution in [-0.4, -0.2) is 17.5 Å². The van der Waals surface area contributed by atoms with Gasteiger partial charge in [0.2, 0.25) is 11.8 Å². The number of amides is 2. The van der Waals surface area contributed by atoms with E-state index in [1.165, 1.54) is 0 Å². The van der Waals surface area contributed by atoms with E-state index in [-0.39, 0.29) is 17.7 Å². The first kappa shape index (κ1) is 25.5. The highest BCUT2D eigenvalue weighted by molar-refractivity contribution is 6.30. The molecule has 1 unspecified atom stereocenters. The minimum Gasteiger partial charge on any atom is -0.286 e. The lowest BCUT2D eigenvalue weighted by Gasteiger charge is -2.52. The molecule has 4 nitrogen and oxygen atoms in total. The Bertz CT molecular complexity index is 1330. The van der Waals surface area contributed by atoms with E-state index in [4.69, 9.17) is 11.6 Å². The van der Waals surface area contributed by atoms with Crippen LogP contribution in [-0.2, 0) is 9.59 Å². The molecule has 0 radical (unpaired) electrons. The van der Waals surface area contributed by atoms with Crippen LogP contribution in [0.2, 0.25) is 5.02 Å². The van der Waals surface area contributed by atoms with Crippen LogP contribution in [0.4, 0.5) is 11.4 Å². The monoisotopic (exact) mass is 514 g/mol. The molecule has 5 heteroatoms. The average molecular weight is 515 g/mol. The van der Waals surface area contributed by atoms with Crippen molar-refractivity contribution in [2.45, 2.75) is 73.4 Å². The van der Waals surface area contributed by atoms with Gasteiger partial charge in [0.25, 0.3) is 0 Å². The maximum absolute atomic E-state index is 14.4. The molecular weight excluding hydrogens is 480 g/mol. The van der Waals surface area contributed by atoms with Gasteiger partial charge in [-0.25, -0.2) is 0 Å². The molecule has 1 spiro atoms. The van der Waals surface area contributed by atoms with Gasteiger partial charge in [0.15, 0.2) is 0 Å². The highest BCUT2D eigenvalue weighted by Crippen LogP contribution is 2.64. The quantitative estimate of drug-likeness (QED) is 0.340. The first-order valence-corrected chi connectivity index (χ1v) is 13.3. The number of anilines is 2. The molecule has 1 saturated carbocycles. The minimum absolute atomic E-state index is 0.0472. The summed E-state index contributed by atoms with van der Waals surface area (Å²) in [6.45, 7) is 15.9. The molecular formula is C32H35ClN2O2. The van der Waals surface area contributed by atoms with E-state index in [2.05, 4.69) is 65.8 Å². The fourth-order valence-corrected chi connectivity index (χ4v) is 6.68. The van der Waals surface area contributed by atoms with Crippen molar-refractivity contribution in [3.63, 3.8) is 0 Å². The van der Waals surface area contributed by atoms with Crippen LogP contribution in [0, 0.1) is 47.0 Å². The van der Waals surface area contributed by atoms with Gasteiger partial charge in [0.1, 0.15) is 11.1 Å². The van der Waals surface area contributed by atoms with Gasteiger partial charge in [-0.3, -0.25) is 19.4 Å². The fourth-order valence-electron chi connectivity index (χ4n) is 6.56. The third-order valence-electron chi connectivity index (χ3n) is 8.14. The largest absolute Gasteiger partial charge is 0.286 e. The highest BCUT2D eigenvalue weighted by Gasteiger charge is 2.72. The van der Waals surface area contributed by atoms with E-state index in [9.17, 15) is 9.59 Å². The zero-order valence-electron chi connectivity index (χ0n) is 23.0. The van der Waals surface area contributed by atoms with Crippen molar-refractivity contribution in [1.29, 1.82) is 0 Å². The number of hydrogen-bond donors (Lipinski definition) is 0. The Morgan fingerprint density at radius 2 is 1.08 bits per heavy atom. The summed E-state index contributed by atoms with van der Waals surface area (Å²) in [6, 6.07) is 16.3. The number of hydrogen-bond acceptors (Lipinski definition) is 2. The van der Waals surface area contributed by atoms with Crippen molar-refractivity contribution in [2.24, 2.45) is 5.41 Å². The summed E-state index contributed by atoms with van der Waals surface area (Å²) in [7, 11) is 0. The lowest BCUT2D eigenvalue weighted by molar-refractivity contribution is -0.142. The van der Waals surface area contributed by atoms with E-state index in [0.29, 0.717) is 11.4 Å². The molecule has 2 amide bonds. The number of carbonyl (C=O) groups excluding carboxylic acids is 2. The van der Waals surface area contributed by atoms with Crippen LogP contribution in [0.1, 0.15) is 65.1 Å². The summed E-state index contributed by atoms with van der Waals surface area (Å²) in [5.41, 5.74) is 7.27. The van der Waals surface area contributed by atoms with Gasteiger partial charge >= 0.3 is 0 Å². The lowest BCUT2D eigenvalue weighted by atomic mass is 9.83. The average Bonchev–Trinajstić information content (AvgIpc) is 3.52. The predicted octanol–water partition coefficient (Wildman–Crippen LogP) is 7.48. The number of rotatable bonds is 3. The second-order valence-corrected chi connectivity index (χ2v) is 12.0. The SMILES string of the molecule is Cc1cc(C)c(N2C(=O)C(C)(C)C(=O)N(c3c(C)cc(C)cc3C)C23CC3c2ccc(Cl)cc2)c(C)c1. The molecule has 2 fully saturated rings.